The van der Waals surface area contributed by atoms with E-state index in [-0.39, 0.29) is 0 Å². The van der Waals surface area contributed by atoms with Crippen LogP contribution in [0.15, 0.2) is 48.5 Å². The first kappa shape index (κ1) is 15.7. The fourth-order valence-corrected chi connectivity index (χ4v) is 3.46. The van der Waals surface area contributed by atoms with Crippen LogP contribution < -0.4 is 0 Å². The van der Waals surface area contributed by atoms with Gasteiger partial charge in [0.25, 0.3) is 0 Å². The van der Waals surface area contributed by atoms with Gasteiger partial charge in [0, 0.05) is 12.6 Å². The van der Waals surface area contributed by atoms with E-state index < -0.39 is 6.10 Å². The molecular weight excluding hydrogens is 284 g/mol. The van der Waals surface area contributed by atoms with Gasteiger partial charge in [0.1, 0.15) is 0 Å². The SMILES string of the molecule is Cc1ccccc1C1CCCN1CC(O)c1ccc(C#N)cc1. The van der Waals surface area contributed by atoms with Crippen molar-refractivity contribution in [3.63, 3.8) is 0 Å². The average molecular weight is 306 g/mol. The molecule has 1 saturated heterocycles. The highest BCUT2D eigenvalue weighted by molar-refractivity contribution is 5.33. The highest BCUT2D eigenvalue weighted by atomic mass is 16.3. The smallest absolute Gasteiger partial charge is 0.0991 e. The van der Waals surface area contributed by atoms with Gasteiger partial charge in [-0.15, -0.1) is 0 Å². The predicted octanol–water partition coefficient (Wildman–Crippen LogP) is 3.74. The summed E-state index contributed by atoms with van der Waals surface area (Å²) in [6, 6.07) is 18.3. The first-order valence-corrected chi connectivity index (χ1v) is 8.17. The molecule has 0 saturated carbocycles. The number of aliphatic hydroxyl groups excluding tert-OH is 1. The topological polar surface area (TPSA) is 47.3 Å². The van der Waals surface area contributed by atoms with Crippen LogP contribution in [0.4, 0.5) is 0 Å². The number of β-amino-alcohol motifs (C(OH)–C–C–N with tert-alkyl or cyclic N) is 1. The molecule has 118 valence electrons. The van der Waals surface area contributed by atoms with Crippen molar-refractivity contribution in [2.75, 3.05) is 13.1 Å². The molecule has 2 unspecified atom stereocenters. The molecule has 1 N–H and O–H groups in total. The number of aryl methyl sites for hydroxylation is 1. The normalized spacial score (nSPS) is 19.4. The van der Waals surface area contributed by atoms with Gasteiger partial charge < -0.3 is 5.11 Å². The van der Waals surface area contributed by atoms with Crippen LogP contribution in [-0.4, -0.2) is 23.1 Å². The van der Waals surface area contributed by atoms with Gasteiger partial charge >= 0.3 is 0 Å². The Kier molecular flexibility index (Phi) is 4.76. The van der Waals surface area contributed by atoms with Crippen molar-refractivity contribution in [1.82, 2.24) is 4.90 Å². The van der Waals surface area contributed by atoms with Crippen molar-refractivity contribution in [1.29, 1.82) is 5.26 Å². The highest BCUT2D eigenvalue weighted by Crippen LogP contribution is 2.34. The molecule has 2 aromatic rings. The minimum Gasteiger partial charge on any atom is -0.387 e. The molecule has 1 aliphatic rings. The summed E-state index contributed by atoms with van der Waals surface area (Å²) in [6.07, 6.45) is 1.79. The molecule has 0 amide bonds. The van der Waals surface area contributed by atoms with E-state index in [0.29, 0.717) is 18.2 Å². The van der Waals surface area contributed by atoms with Crippen LogP contribution in [0, 0.1) is 18.3 Å². The number of rotatable bonds is 4. The fraction of sp³-hybridized carbons (Fsp3) is 0.350. The Bertz CT molecular complexity index is 702. The monoisotopic (exact) mass is 306 g/mol. The maximum Gasteiger partial charge on any atom is 0.0991 e. The van der Waals surface area contributed by atoms with Crippen molar-refractivity contribution >= 4 is 0 Å². The van der Waals surface area contributed by atoms with E-state index in [1.165, 1.54) is 17.5 Å². The van der Waals surface area contributed by atoms with Gasteiger partial charge in [0.15, 0.2) is 0 Å². The summed E-state index contributed by atoms with van der Waals surface area (Å²) in [5.41, 5.74) is 4.19. The van der Waals surface area contributed by atoms with Crippen LogP contribution in [-0.2, 0) is 0 Å². The highest BCUT2D eigenvalue weighted by Gasteiger charge is 2.28. The van der Waals surface area contributed by atoms with Crippen LogP contribution in [0.25, 0.3) is 0 Å². The molecule has 0 radical (unpaired) electrons. The molecule has 1 fully saturated rings. The van der Waals surface area contributed by atoms with Crippen LogP contribution in [0.5, 0.6) is 0 Å². The van der Waals surface area contributed by atoms with Gasteiger partial charge in [-0.25, -0.2) is 0 Å². The lowest BCUT2D eigenvalue weighted by Crippen LogP contribution is -2.28. The second-order valence-corrected chi connectivity index (χ2v) is 6.26. The summed E-state index contributed by atoms with van der Waals surface area (Å²) in [5, 5.41) is 19.4. The molecule has 1 aliphatic heterocycles. The molecule has 3 rings (SSSR count). The second kappa shape index (κ2) is 6.95. The molecule has 0 bridgehead atoms. The largest absolute Gasteiger partial charge is 0.387 e. The lowest BCUT2D eigenvalue weighted by Gasteiger charge is -2.28. The van der Waals surface area contributed by atoms with Gasteiger partial charge in [-0.05, 0) is 55.1 Å². The van der Waals surface area contributed by atoms with Gasteiger partial charge in [0.05, 0.1) is 17.7 Å². The van der Waals surface area contributed by atoms with Crippen molar-refractivity contribution < 1.29 is 5.11 Å². The molecule has 1 heterocycles. The van der Waals surface area contributed by atoms with E-state index in [1.54, 1.807) is 12.1 Å². The van der Waals surface area contributed by atoms with E-state index in [0.717, 1.165) is 18.5 Å². The number of benzene rings is 2. The van der Waals surface area contributed by atoms with Gasteiger partial charge in [0.2, 0.25) is 0 Å². The maximum atomic E-state index is 10.6. The Labute approximate surface area is 137 Å². The van der Waals surface area contributed by atoms with Crippen molar-refractivity contribution in [3.05, 3.63) is 70.8 Å². The Morgan fingerprint density at radius 1 is 1.22 bits per heavy atom. The van der Waals surface area contributed by atoms with Gasteiger partial charge in [-0.2, -0.15) is 5.26 Å². The molecule has 0 aliphatic carbocycles. The van der Waals surface area contributed by atoms with E-state index in [4.69, 9.17) is 5.26 Å². The lowest BCUT2D eigenvalue weighted by molar-refractivity contribution is 0.106. The zero-order valence-electron chi connectivity index (χ0n) is 13.4. The van der Waals surface area contributed by atoms with E-state index in [1.807, 2.05) is 12.1 Å². The molecule has 3 nitrogen and oxygen atoms in total. The van der Waals surface area contributed by atoms with E-state index in [2.05, 4.69) is 42.2 Å². The molecule has 23 heavy (non-hydrogen) atoms. The Morgan fingerprint density at radius 3 is 2.65 bits per heavy atom. The van der Waals surface area contributed by atoms with Crippen LogP contribution >= 0.6 is 0 Å². The molecule has 2 atom stereocenters. The first-order chi connectivity index (χ1) is 11.2. The summed E-state index contributed by atoms with van der Waals surface area (Å²) in [7, 11) is 0. The Morgan fingerprint density at radius 2 is 1.96 bits per heavy atom. The molecule has 3 heteroatoms. The fourth-order valence-electron chi connectivity index (χ4n) is 3.46. The number of nitrogens with zero attached hydrogens (tertiary/aromatic N) is 2. The molecule has 2 aromatic carbocycles. The summed E-state index contributed by atoms with van der Waals surface area (Å²) in [4.78, 5) is 2.38. The van der Waals surface area contributed by atoms with Crippen molar-refractivity contribution in [2.45, 2.75) is 31.9 Å². The summed E-state index contributed by atoms with van der Waals surface area (Å²) in [5.74, 6) is 0. The van der Waals surface area contributed by atoms with Crippen LogP contribution in [0.1, 0.15) is 47.2 Å². The zero-order chi connectivity index (χ0) is 16.2. The molecule has 0 aromatic heterocycles. The van der Waals surface area contributed by atoms with Crippen LogP contribution in [0.3, 0.4) is 0 Å². The number of hydrogen-bond acceptors (Lipinski definition) is 3. The second-order valence-electron chi connectivity index (χ2n) is 6.26. The summed E-state index contributed by atoms with van der Waals surface area (Å²) < 4.78 is 0. The molecule has 0 spiro atoms. The minimum absolute atomic E-state index is 0.393. The molecular formula is C20H22N2O. The van der Waals surface area contributed by atoms with Gasteiger partial charge in [-0.1, -0.05) is 36.4 Å². The van der Waals surface area contributed by atoms with Crippen molar-refractivity contribution in [2.24, 2.45) is 0 Å². The summed E-state index contributed by atoms with van der Waals surface area (Å²) >= 11 is 0. The van der Waals surface area contributed by atoms with Crippen LogP contribution in [0.2, 0.25) is 0 Å². The third-order valence-corrected chi connectivity index (χ3v) is 4.74. The third-order valence-electron chi connectivity index (χ3n) is 4.74. The lowest BCUT2D eigenvalue weighted by atomic mass is 9.99. The summed E-state index contributed by atoms with van der Waals surface area (Å²) in [6.45, 7) is 3.81. The third kappa shape index (κ3) is 3.44. The number of likely N-dealkylation sites (tertiary alicyclic amines) is 1. The first-order valence-electron chi connectivity index (χ1n) is 8.17. The van der Waals surface area contributed by atoms with Crippen molar-refractivity contribution in [3.8, 4) is 6.07 Å². The zero-order valence-corrected chi connectivity index (χ0v) is 13.4. The van der Waals surface area contributed by atoms with E-state index >= 15 is 0 Å². The van der Waals surface area contributed by atoms with Gasteiger partial charge in [-0.3, -0.25) is 4.90 Å². The standard InChI is InChI=1S/C20H22N2O/c1-15-5-2-3-6-18(15)19-7-4-12-22(19)14-20(23)17-10-8-16(13-21)9-11-17/h2-3,5-6,8-11,19-20,23H,4,7,12,14H2,1H3. The predicted molar refractivity (Wildman–Crippen MR) is 90.8 cm³/mol. The maximum absolute atomic E-state index is 10.6. The number of aliphatic hydroxyl groups is 1. The quantitative estimate of drug-likeness (QED) is 0.936. The average Bonchev–Trinajstić information content (AvgIpc) is 3.03. The minimum atomic E-state index is -0.521. The Hall–Kier alpha value is -2.15. The number of nitriles is 1. The van der Waals surface area contributed by atoms with E-state index in [9.17, 15) is 5.11 Å². The number of hydrogen-bond donors (Lipinski definition) is 1. The Balaban J connectivity index is 1.73.